The Kier molecular flexibility index (Phi) is 4.59. The number of fused-ring (bicyclic) bond motifs is 1. The fraction of sp³-hybridized carbons (Fsp3) is 0.0952. The number of aromatic nitrogens is 4. The number of amides is 1. The van der Waals surface area contributed by atoms with Crippen LogP contribution in [0.4, 0.5) is 14.5 Å². The first-order valence-electron chi connectivity index (χ1n) is 9.20. The Morgan fingerprint density at radius 3 is 2.80 bits per heavy atom. The predicted molar refractivity (Wildman–Crippen MR) is 110 cm³/mol. The molecule has 0 radical (unpaired) electrons. The van der Waals surface area contributed by atoms with E-state index in [1.807, 2.05) is 24.4 Å². The van der Waals surface area contributed by atoms with E-state index in [1.165, 1.54) is 12.1 Å². The fourth-order valence-corrected chi connectivity index (χ4v) is 4.26. The van der Waals surface area contributed by atoms with E-state index in [4.69, 9.17) is 0 Å². The van der Waals surface area contributed by atoms with E-state index in [9.17, 15) is 13.6 Å². The zero-order valence-electron chi connectivity index (χ0n) is 15.5. The Morgan fingerprint density at radius 1 is 1.10 bits per heavy atom. The van der Waals surface area contributed by atoms with Gasteiger partial charge in [0, 0.05) is 35.7 Å². The van der Waals surface area contributed by atoms with Crippen LogP contribution >= 0.6 is 11.8 Å². The third-order valence-corrected chi connectivity index (χ3v) is 5.75. The van der Waals surface area contributed by atoms with Crippen molar-refractivity contribution < 1.29 is 13.6 Å². The largest absolute Gasteiger partial charge is 0.325 e. The Balaban J connectivity index is 1.41. The normalized spacial score (nSPS) is 12.7. The molecule has 2 aromatic carbocycles. The van der Waals surface area contributed by atoms with E-state index in [0.717, 1.165) is 40.8 Å². The Labute approximate surface area is 174 Å². The molecule has 0 unspecified atom stereocenters. The molecule has 5 rings (SSSR count). The molecule has 30 heavy (non-hydrogen) atoms. The molecule has 0 bridgehead atoms. The molecule has 4 aromatic rings. The number of aryl methyl sites for hydroxylation is 1. The fourth-order valence-electron chi connectivity index (χ4n) is 3.32. The van der Waals surface area contributed by atoms with Gasteiger partial charge in [-0.3, -0.25) is 9.89 Å². The van der Waals surface area contributed by atoms with Crippen LogP contribution in [0, 0.1) is 11.6 Å². The number of para-hydroxylation sites is 1. The number of H-pyrrole nitrogens is 1. The lowest BCUT2D eigenvalue weighted by atomic mass is 10.1. The van der Waals surface area contributed by atoms with Crippen molar-refractivity contribution in [2.75, 3.05) is 11.1 Å². The second-order valence-corrected chi connectivity index (χ2v) is 7.80. The van der Waals surface area contributed by atoms with Crippen molar-refractivity contribution in [2.45, 2.75) is 11.7 Å². The van der Waals surface area contributed by atoms with Gasteiger partial charge >= 0.3 is 0 Å². The van der Waals surface area contributed by atoms with Crippen LogP contribution in [-0.4, -0.2) is 31.4 Å². The summed E-state index contributed by atoms with van der Waals surface area (Å²) in [6.07, 6.45) is 1.98. The zero-order chi connectivity index (χ0) is 20.7. The van der Waals surface area contributed by atoms with Gasteiger partial charge in [-0.05, 0) is 24.3 Å². The van der Waals surface area contributed by atoms with Gasteiger partial charge in [0.05, 0.1) is 17.1 Å². The number of carbonyl (C=O) groups is 1. The highest BCUT2D eigenvalue weighted by Crippen LogP contribution is 2.32. The summed E-state index contributed by atoms with van der Waals surface area (Å²) in [5.74, 6) is -0.836. The predicted octanol–water partition coefficient (Wildman–Crippen LogP) is 4.58. The van der Waals surface area contributed by atoms with E-state index in [-0.39, 0.29) is 17.0 Å². The topological polar surface area (TPSA) is 75.6 Å². The van der Waals surface area contributed by atoms with Gasteiger partial charge in [-0.2, -0.15) is 5.10 Å². The molecule has 0 saturated carbocycles. The highest BCUT2D eigenvalue weighted by atomic mass is 32.2. The molecule has 9 heteroatoms. The molecular weight excluding hydrogens is 408 g/mol. The third-order valence-electron chi connectivity index (χ3n) is 4.78. The quantitative estimate of drug-likeness (QED) is 0.504. The summed E-state index contributed by atoms with van der Waals surface area (Å²) in [5, 5.41) is 10.4. The standard InChI is InChI=1S/C21H15F2N5OS/c22-12-5-6-13(15(23)9-12)17-10-18(27-26-17)20(29)24-16-4-2-1-3-14(16)19-11-28-7-8-30-21(28)25-19/h1-6,9-11H,7-8H2,(H,24,29)(H,26,27). The number of halogens is 2. The molecule has 2 aromatic heterocycles. The summed E-state index contributed by atoms with van der Waals surface area (Å²) in [6, 6.07) is 12.0. The monoisotopic (exact) mass is 423 g/mol. The zero-order valence-corrected chi connectivity index (χ0v) is 16.3. The molecule has 0 spiro atoms. The molecule has 1 amide bonds. The maximum absolute atomic E-state index is 14.0. The van der Waals surface area contributed by atoms with E-state index in [1.54, 1.807) is 17.8 Å². The van der Waals surface area contributed by atoms with Crippen LogP contribution in [0.25, 0.3) is 22.5 Å². The van der Waals surface area contributed by atoms with Crippen LogP contribution < -0.4 is 5.32 Å². The van der Waals surface area contributed by atoms with Gasteiger partial charge in [0.1, 0.15) is 17.3 Å². The SMILES string of the molecule is O=C(Nc1ccccc1-c1cn2c(n1)SCC2)c1cc(-c2ccc(F)cc2F)n[nH]1. The minimum atomic E-state index is -0.746. The number of nitrogens with zero attached hydrogens (tertiary/aromatic N) is 3. The van der Waals surface area contributed by atoms with Crippen molar-refractivity contribution in [1.29, 1.82) is 0 Å². The van der Waals surface area contributed by atoms with Crippen molar-refractivity contribution in [3.05, 3.63) is 72.1 Å². The highest BCUT2D eigenvalue weighted by Gasteiger charge is 2.19. The van der Waals surface area contributed by atoms with Crippen molar-refractivity contribution >= 4 is 23.4 Å². The van der Waals surface area contributed by atoms with Crippen LogP contribution in [0.5, 0.6) is 0 Å². The average Bonchev–Trinajstić information content (AvgIpc) is 3.44. The summed E-state index contributed by atoms with van der Waals surface area (Å²) in [5.41, 5.74) is 2.68. The highest BCUT2D eigenvalue weighted by molar-refractivity contribution is 7.99. The molecule has 1 aliphatic heterocycles. The lowest BCUT2D eigenvalue weighted by Crippen LogP contribution is -2.13. The van der Waals surface area contributed by atoms with Crippen molar-refractivity contribution in [1.82, 2.24) is 19.7 Å². The van der Waals surface area contributed by atoms with Crippen LogP contribution in [0.2, 0.25) is 0 Å². The Hall–Kier alpha value is -3.46. The lowest BCUT2D eigenvalue weighted by Gasteiger charge is -2.08. The van der Waals surface area contributed by atoms with Crippen molar-refractivity contribution in [3.8, 4) is 22.5 Å². The maximum atomic E-state index is 14.0. The van der Waals surface area contributed by atoms with E-state index in [0.29, 0.717) is 5.69 Å². The van der Waals surface area contributed by atoms with Crippen LogP contribution in [0.15, 0.2) is 59.9 Å². The number of benzene rings is 2. The molecule has 3 heterocycles. The average molecular weight is 423 g/mol. The Morgan fingerprint density at radius 2 is 1.97 bits per heavy atom. The number of anilines is 1. The molecule has 0 fully saturated rings. The van der Waals surface area contributed by atoms with E-state index < -0.39 is 17.5 Å². The molecule has 0 atom stereocenters. The number of nitrogens with one attached hydrogen (secondary N) is 2. The van der Waals surface area contributed by atoms with Gasteiger partial charge in [0.2, 0.25) is 0 Å². The van der Waals surface area contributed by atoms with Gasteiger partial charge in [-0.25, -0.2) is 13.8 Å². The first kappa shape index (κ1) is 18.6. The van der Waals surface area contributed by atoms with Gasteiger partial charge in [-0.15, -0.1) is 0 Å². The molecule has 1 aliphatic rings. The first-order valence-corrected chi connectivity index (χ1v) is 10.2. The number of aromatic amines is 1. The molecule has 2 N–H and O–H groups in total. The Bertz CT molecular complexity index is 1240. The number of imidazole rings is 1. The summed E-state index contributed by atoms with van der Waals surface area (Å²) in [6.45, 7) is 0.915. The molecule has 0 saturated heterocycles. The maximum Gasteiger partial charge on any atom is 0.273 e. The van der Waals surface area contributed by atoms with E-state index >= 15 is 0 Å². The summed E-state index contributed by atoms with van der Waals surface area (Å²) in [4.78, 5) is 17.4. The second-order valence-electron chi connectivity index (χ2n) is 6.74. The third kappa shape index (κ3) is 3.37. The van der Waals surface area contributed by atoms with Crippen LogP contribution in [0.1, 0.15) is 10.5 Å². The summed E-state index contributed by atoms with van der Waals surface area (Å²) >= 11 is 1.70. The first-order chi connectivity index (χ1) is 14.6. The van der Waals surface area contributed by atoms with Crippen molar-refractivity contribution in [3.63, 3.8) is 0 Å². The summed E-state index contributed by atoms with van der Waals surface area (Å²) in [7, 11) is 0. The molecule has 6 nitrogen and oxygen atoms in total. The lowest BCUT2D eigenvalue weighted by molar-refractivity contribution is 0.102. The molecular formula is C21H15F2N5OS. The number of carbonyl (C=O) groups excluding carboxylic acids is 1. The van der Waals surface area contributed by atoms with Gasteiger partial charge in [0.15, 0.2) is 5.16 Å². The van der Waals surface area contributed by atoms with Crippen molar-refractivity contribution in [2.24, 2.45) is 0 Å². The minimum absolute atomic E-state index is 0.108. The number of thioether (sulfide) groups is 1. The number of rotatable bonds is 4. The smallest absolute Gasteiger partial charge is 0.273 e. The van der Waals surface area contributed by atoms with Crippen LogP contribution in [-0.2, 0) is 6.54 Å². The minimum Gasteiger partial charge on any atom is -0.325 e. The van der Waals surface area contributed by atoms with E-state index in [2.05, 4.69) is 25.1 Å². The van der Waals surface area contributed by atoms with Crippen LogP contribution in [0.3, 0.4) is 0 Å². The number of hydrogen-bond donors (Lipinski definition) is 2. The van der Waals surface area contributed by atoms with Gasteiger partial charge in [-0.1, -0.05) is 30.0 Å². The van der Waals surface area contributed by atoms with Gasteiger partial charge in [0.25, 0.3) is 5.91 Å². The number of hydrogen-bond acceptors (Lipinski definition) is 4. The summed E-state index contributed by atoms with van der Waals surface area (Å²) < 4.78 is 29.2. The second kappa shape index (κ2) is 7.42. The molecule has 0 aliphatic carbocycles. The van der Waals surface area contributed by atoms with Gasteiger partial charge < -0.3 is 9.88 Å². The molecule has 150 valence electrons.